The van der Waals surface area contributed by atoms with E-state index in [0.29, 0.717) is 25.1 Å². The summed E-state index contributed by atoms with van der Waals surface area (Å²) in [5.74, 6) is 1.98. The Balaban J connectivity index is 1.37. The minimum atomic E-state index is 0.465. The van der Waals surface area contributed by atoms with Crippen LogP contribution in [-0.4, -0.2) is 52.2 Å². The van der Waals surface area contributed by atoms with Gasteiger partial charge in [0.1, 0.15) is 13.2 Å². The summed E-state index contributed by atoms with van der Waals surface area (Å²) in [5.41, 5.74) is 7.82. The van der Waals surface area contributed by atoms with Crippen molar-refractivity contribution in [2.75, 3.05) is 32.0 Å². The first-order valence-electron chi connectivity index (χ1n) is 11.7. The highest BCUT2D eigenvalue weighted by Crippen LogP contribution is 2.41. The molecular weight excluding hydrogens is 504 g/mol. The summed E-state index contributed by atoms with van der Waals surface area (Å²) in [6.07, 6.45) is 8.01. The number of halogens is 1. The minimum Gasteiger partial charge on any atom is -0.486 e. The molecule has 10 heteroatoms. The van der Waals surface area contributed by atoms with Gasteiger partial charge in [-0.3, -0.25) is 0 Å². The first-order chi connectivity index (χ1) is 16.1. The van der Waals surface area contributed by atoms with Gasteiger partial charge >= 0.3 is 0 Å². The van der Waals surface area contributed by atoms with Gasteiger partial charge in [-0.25, -0.2) is 4.57 Å². The summed E-state index contributed by atoms with van der Waals surface area (Å²) in [5, 5.41) is 0.765. The summed E-state index contributed by atoms with van der Waals surface area (Å²) in [7, 11) is 0. The first kappa shape index (κ1) is 22.7. The highest BCUT2D eigenvalue weighted by atomic mass is 79.9. The quantitative estimate of drug-likeness (QED) is 0.440. The highest BCUT2D eigenvalue weighted by molar-refractivity contribution is 9.10. The number of rotatable bonds is 7. The molecule has 1 fully saturated rings. The fourth-order valence-corrected chi connectivity index (χ4v) is 6.06. The molecular formula is C23H30BrN6O2S+. The van der Waals surface area contributed by atoms with E-state index in [1.54, 1.807) is 0 Å². The number of piperidine rings is 1. The van der Waals surface area contributed by atoms with E-state index in [2.05, 4.69) is 42.3 Å². The molecule has 1 atom stereocenters. The van der Waals surface area contributed by atoms with Crippen LogP contribution in [-0.2, 0) is 6.54 Å². The standard InChI is InChI=1S/C23H29BrN6O2S/c1-2-7-29-8-4-3-5-15(29)6-9-30-14-26-21(25)20-22(30)28-23(27-20)33-19-13-18-17(12-16(19)24)31-10-11-32-18/h12-15H,2-11H2,1H3,(H2,25,27,28)/p+1. The van der Waals surface area contributed by atoms with E-state index < -0.39 is 0 Å². The second-order valence-electron chi connectivity index (χ2n) is 8.57. The molecule has 2 aliphatic rings. The lowest BCUT2D eigenvalue weighted by molar-refractivity contribution is -0.677. The van der Waals surface area contributed by atoms with E-state index >= 15 is 0 Å². The fourth-order valence-electron chi connectivity index (χ4n) is 4.68. The maximum atomic E-state index is 6.19. The fraction of sp³-hybridized carbons (Fsp3) is 0.522. The molecule has 0 aliphatic carbocycles. The SMILES string of the molecule is CCCN1CCCCC1CC[n+]1cnc(N)c2[nH]c(Sc3cc4c(cc3Br)OCCO4)nc21. The number of nitrogens with two attached hydrogens (primary N) is 1. The van der Waals surface area contributed by atoms with Crippen LogP contribution in [0.5, 0.6) is 11.5 Å². The lowest BCUT2D eigenvalue weighted by atomic mass is 9.99. The second kappa shape index (κ2) is 10.1. The maximum Gasteiger partial charge on any atom is 0.294 e. The summed E-state index contributed by atoms with van der Waals surface area (Å²) in [6, 6.07) is 4.56. The van der Waals surface area contributed by atoms with Crippen molar-refractivity contribution in [3.8, 4) is 11.5 Å². The van der Waals surface area contributed by atoms with Gasteiger partial charge in [0.05, 0.1) is 6.54 Å². The van der Waals surface area contributed by atoms with Crippen LogP contribution >= 0.6 is 27.7 Å². The Kier molecular flexibility index (Phi) is 6.94. The number of nitrogen functional groups attached to an aromatic ring is 1. The van der Waals surface area contributed by atoms with Crippen molar-refractivity contribution in [2.24, 2.45) is 0 Å². The molecule has 1 saturated heterocycles. The molecule has 3 N–H and O–H groups in total. The number of fused-ring (bicyclic) bond motifs is 2. The lowest BCUT2D eigenvalue weighted by Crippen LogP contribution is -2.44. The van der Waals surface area contributed by atoms with E-state index in [9.17, 15) is 0 Å². The van der Waals surface area contributed by atoms with E-state index in [4.69, 9.17) is 20.2 Å². The van der Waals surface area contributed by atoms with Crippen LogP contribution in [0.1, 0.15) is 39.0 Å². The van der Waals surface area contributed by atoms with E-state index in [1.165, 1.54) is 50.5 Å². The van der Waals surface area contributed by atoms with Gasteiger partial charge in [0.15, 0.2) is 17.0 Å². The molecule has 2 aromatic heterocycles. The van der Waals surface area contributed by atoms with Crippen molar-refractivity contribution in [2.45, 2.75) is 61.7 Å². The van der Waals surface area contributed by atoms with Gasteiger partial charge in [-0.1, -0.05) is 23.3 Å². The number of H-pyrrole nitrogens is 1. The molecule has 5 rings (SSSR count). The molecule has 0 saturated carbocycles. The minimum absolute atomic E-state index is 0.465. The third-order valence-electron chi connectivity index (χ3n) is 6.29. The Morgan fingerprint density at radius 2 is 2.09 bits per heavy atom. The number of likely N-dealkylation sites (tertiary alicyclic amines) is 1. The number of hydrogen-bond acceptors (Lipinski definition) is 7. The third kappa shape index (κ3) is 4.93. The molecule has 1 unspecified atom stereocenters. The molecule has 0 spiro atoms. The molecule has 176 valence electrons. The zero-order valence-corrected chi connectivity index (χ0v) is 21.3. The van der Waals surface area contributed by atoms with Gasteiger partial charge in [0.2, 0.25) is 17.3 Å². The van der Waals surface area contributed by atoms with Crippen LogP contribution in [0.2, 0.25) is 0 Å². The number of ether oxygens (including phenoxy) is 2. The predicted octanol–water partition coefficient (Wildman–Crippen LogP) is 4.17. The summed E-state index contributed by atoms with van der Waals surface area (Å²) >= 11 is 5.18. The number of aromatic nitrogens is 4. The van der Waals surface area contributed by atoms with Crippen molar-refractivity contribution in [3.05, 3.63) is 22.9 Å². The maximum absolute atomic E-state index is 6.19. The number of anilines is 1. The van der Waals surface area contributed by atoms with Gasteiger partial charge in [0.25, 0.3) is 5.65 Å². The number of benzene rings is 1. The molecule has 33 heavy (non-hydrogen) atoms. The van der Waals surface area contributed by atoms with Gasteiger partial charge < -0.3 is 25.1 Å². The van der Waals surface area contributed by atoms with E-state index in [-0.39, 0.29) is 0 Å². The van der Waals surface area contributed by atoms with Crippen LogP contribution < -0.4 is 19.8 Å². The van der Waals surface area contributed by atoms with Crippen molar-refractivity contribution < 1.29 is 14.0 Å². The molecule has 1 aromatic carbocycles. The first-order valence-corrected chi connectivity index (χ1v) is 13.3. The predicted molar refractivity (Wildman–Crippen MR) is 132 cm³/mol. The number of nitrogens with one attached hydrogen (secondary N) is 1. The number of aromatic amines is 1. The van der Waals surface area contributed by atoms with Gasteiger partial charge in [0, 0.05) is 15.4 Å². The normalized spacial score (nSPS) is 18.7. The summed E-state index contributed by atoms with van der Waals surface area (Å²) < 4.78 is 14.5. The van der Waals surface area contributed by atoms with Crippen molar-refractivity contribution in [1.29, 1.82) is 0 Å². The van der Waals surface area contributed by atoms with E-state index in [0.717, 1.165) is 50.2 Å². The molecule has 0 bridgehead atoms. The van der Waals surface area contributed by atoms with Crippen molar-refractivity contribution in [3.63, 3.8) is 0 Å². The Hall–Kier alpha value is -2.04. The Morgan fingerprint density at radius 1 is 1.27 bits per heavy atom. The molecule has 8 nitrogen and oxygen atoms in total. The van der Waals surface area contributed by atoms with Crippen LogP contribution in [0.25, 0.3) is 11.2 Å². The molecule has 0 radical (unpaired) electrons. The largest absolute Gasteiger partial charge is 0.486 e. The van der Waals surface area contributed by atoms with Gasteiger partial charge in [-0.2, -0.15) is 0 Å². The van der Waals surface area contributed by atoms with Crippen molar-refractivity contribution >= 4 is 44.7 Å². The number of aryl methyl sites for hydroxylation is 1. The smallest absolute Gasteiger partial charge is 0.294 e. The molecule has 3 aromatic rings. The topological polar surface area (TPSA) is 93.2 Å². The summed E-state index contributed by atoms with van der Waals surface area (Å²) in [6.45, 7) is 6.65. The van der Waals surface area contributed by atoms with Gasteiger partial charge in [-0.15, -0.1) is 0 Å². The lowest BCUT2D eigenvalue weighted by Gasteiger charge is -2.35. The zero-order chi connectivity index (χ0) is 22.8. The van der Waals surface area contributed by atoms with Crippen LogP contribution in [0.15, 0.2) is 33.0 Å². The average Bonchev–Trinajstić information content (AvgIpc) is 3.25. The number of hydrogen-bond donors (Lipinski definition) is 2. The van der Waals surface area contributed by atoms with Crippen LogP contribution in [0.4, 0.5) is 5.82 Å². The van der Waals surface area contributed by atoms with Crippen LogP contribution in [0.3, 0.4) is 0 Å². The number of nitrogens with zero attached hydrogens (tertiary/aromatic N) is 4. The molecule has 2 aliphatic heterocycles. The van der Waals surface area contributed by atoms with Crippen molar-refractivity contribution in [1.82, 2.24) is 19.9 Å². The Labute approximate surface area is 206 Å². The second-order valence-corrected chi connectivity index (χ2v) is 10.5. The van der Waals surface area contributed by atoms with E-state index in [1.807, 2.05) is 18.5 Å². The summed E-state index contributed by atoms with van der Waals surface area (Å²) in [4.78, 5) is 16.3. The Bertz CT molecular complexity index is 1140. The monoisotopic (exact) mass is 533 g/mol. The van der Waals surface area contributed by atoms with Gasteiger partial charge in [-0.05, 0) is 78.6 Å². The third-order valence-corrected chi connectivity index (χ3v) is 8.16. The number of imidazole rings is 1. The molecule has 4 heterocycles. The zero-order valence-electron chi connectivity index (χ0n) is 18.8. The van der Waals surface area contributed by atoms with Crippen LogP contribution in [0, 0.1) is 0 Å². The Morgan fingerprint density at radius 3 is 2.91 bits per heavy atom. The molecule has 0 amide bonds. The average molecular weight is 535 g/mol. The highest BCUT2D eigenvalue weighted by Gasteiger charge is 2.25.